The first-order valence-electron chi connectivity index (χ1n) is 6.27. The van der Waals surface area contributed by atoms with Gasteiger partial charge >= 0.3 is 0 Å². The Morgan fingerprint density at radius 1 is 1.24 bits per heavy atom. The van der Waals surface area contributed by atoms with Crippen molar-refractivity contribution in [3.8, 4) is 0 Å². The molecule has 0 bridgehead atoms. The van der Waals surface area contributed by atoms with Crippen molar-refractivity contribution in [1.82, 2.24) is 0 Å². The van der Waals surface area contributed by atoms with Gasteiger partial charge in [0.15, 0.2) is 8.32 Å². The van der Waals surface area contributed by atoms with E-state index < -0.39 is 8.32 Å². The Kier molecular flexibility index (Phi) is 5.16. The molecule has 0 amide bonds. The van der Waals surface area contributed by atoms with Crippen LogP contribution >= 0.6 is 0 Å². The van der Waals surface area contributed by atoms with Crippen LogP contribution in [-0.4, -0.2) is 14.4 Å². The van der Waals surface area contributed by atoms with Crippen molar-refractivity contribution in [2.75, 3.05) is 0 Å². The van der Waals surface area contributed by atoms with E-state index in [9.17, 15) is 0 Å². The highest BCUT2D eigenvalue weighted by atomic mass is 28.4. The standard InChI is InChI=1S/C15H24OSi/c1-6-10-15(16-17(3,4)5)13(2)14-11-8-7-9-12-14/h6-9,11-13,15H,1,10H2,2-5H3. The molecule has 0 aliphatic heterocycles. The molecule has 94 valence electrons. The number of rotatable bonds is 6. The van der Waals surface area contributed by atoms with E-state index >= 15 is 0 Å². The van der Waals surface area contributed by atoms with Crippen molar-refractivity contribution in [2.45, 2.75) is 45.0 Å². The molecule has 1 rings (SSSR count). The molecule has 2 atom stereocenters. The molecule has 2 heteroatoms. The van der Waals surface area contributed by atoms with Crippen LogP contribution in [0.2, 0.25) is 19.6 Å². The first-order chi connectivity index (χ1) is 7.94. The van der Waals surface area contributed by atoms with E-state index in [0.717, 1.165) is 6.42 Å². The first-order valence-corrected chi connectivity index (χ1v) is 9.68. The molecule has 0 spiro atoms. The predicted octanol–water partition coefficient (Wildman–Crippen LogP) is 4.59. The highest BCUT2D eigenvalue weighted by molar-refractivity contribution is 6.69. The van der Waals surface area contributed by atoms with Gasteiger partial charge in [0.25, 0.3) is 0 Å². The molecule has 1 nitrogen and oxygen atoms in total. The largest absolute Gasteiger partial charge is 0.414 e. The monoisotopic (exact) mass is 248 g/mol. The lowest BCUT2D eigenvalue weighted by Gasteiger charge is -2.30. The van der Waals surface area contributed by atoms with Crippen LogP contribution < -0.4 is 0 Å². The van der Waals surface area contributed by atoms with Crippen molar-refractivity contribution in [3.05, 3.63) is 48.6 Å². The van der Waals surface area contributed by atoms with Crippen molar-refractivity contribution >= 4 is 8.32 Å². The molecular weight excluding hydrogens is 224 g/mol. The van der Waals surface area contributed by atoms with Gasteiger partial charge in [-0.3, -0.25) is 0 Å². The van der Waals surface area contributed by atoms with E-state index in [1.807, 2.05) is 6.08 Å². The Bertz CT molecular complexity index is 340. The summed E-state index contributed by atoms with van der Waals surface area (Å²) in [6.45, 7) is 12.8. The molecule has 0 fully saturated rings. The molecule has 0 heterocycles. The third-order valence-electron chi connectivity index (χ3n) is 2.79. The van der Waals surface area contributed by atoms with Crippen LogP contribution in [0.4, 0.5) is 0 Å². The third-order valence-corrected chi connectivity index (χ3v) is 3.80. The minimum Gasteiger partial charge on any atom is -0.414 e. The van der Waals surface area contributed by atoms with Gasteiger partial charge in [-0.1, -0.05) is 43.3 Å². The number of hydrogen-bond acceptors (Lipinski definition) is 1. The molecule has 1 aromatic carbocycles. The Labute approximate surface area is 107 Å². The van der Waals surface area contributed by atoms with Gasteiger partial charge in [0, 0.05) is 5.92 Å². The minimum absolute atomic E-state index is 0.251. The normalized spacial score (nSPS) is 15.3. The second kappa shape index (κ2) is 6.17. The van der Waals surface area contributed by atoms with Gasteiger partial charge in [-0.25, -0.2) is 0 Å². The maximum Gasteiger partial charge on any atom is 0.184 e. The van der Waals surface area contributed by atoms with Crippen LogP contribution in [0.5, 0.6) is 0 Å². The molecule has 1 aromatic rings. The summed E-state index contributed by atoms with van der Waals surface area (Å²) >= 11 is 0. The topological polar surface area (TPSA) is 9.23 Å². The molecule has 0 saturated heterocycles. The second-order valence-electron chi connectivity index (χ2n) is 5.49. The Morgan fingerprint density at radius 3 is 2.29 bits per heavy atom. The van der Waals surface area contributed by atoms with E-state index in [-0.39, 0.29) is 6.10 Å². The smallest absolute Gasteiger partial charge is 0.184 e. The summed E-state index contributed by atoms with van der Waals surface area (Å²) in [7, 11) is -1.50. The third kappa shape index (κ3) is 4.88. The summed E-state index contributed by atoms with van der Waals surface area (Å²) in [5.74, 6) is 0.418. The molecule has 0 N–H and O–H groups in total. The van der Waals surface area contributed by atoms with Crippen LogP contribution in [0.25, 0.3) is 0 Å². The van der Waals surface area contributed by atoms with Crippen molar-refractivity contribution in [3.63, 3.8) is 0 Å². The van der Waals surface area contributed by atoms with Gasteiger partial charge in [0.2, 0.25) is 0 Å². The van der Waals surface area contributed by atoms with Crippen LogP contribution in [0.3, 0.4) is 0 Å². The SMILES string of the molecule is C=CCC(O[Si](C)(C)C)C(C)c1ccccc1. The Balaban J connectivity index is 2.80. The zero-order valence-corrected chi connectivity index (χ0v) is 12.4. The summed E-state index contributed by atoms with van der Waals surface area (Å²) in [4.78, 5) is 0. The van der Waals surface area contributed by atoms with Gasteiger partial charge < -0.3 is 4.43 Å². The van der Waals surface area contributed by atoms with E-state index in [2.05, 4.69) is 63.5 Å². The van der Waals surface area contributed by atoms with Gasteiger partial charge in [0.05, 0.1) is 6.10 Å². The van der Waals surface area contributed by atoms with Gasteiger partial charge in [0.1, 0.15) is 0 Å². The van der Waals surface area contributed by atoms with Crippen molar-refractivity contribution < 1.29 is 4.43 Å². The maximum absolute atomic E-state index is 6.26. The summed E-state index contributed by atoms with van der Waals surface area (Å²) in [5.41, 5.74) is 1.35. The summed E-state index contributed by atoms with van der Waals surface area (Å²) in [5, 5.41) is 0. The van der Waals surface area contributed by atoms with Gasteiger partial charge in [-0.15, -0.1) is 6.58 Å². The number of benzene rings is 1. The lowest BCUT2D eigenvalue weighted by molar-refractivity contribution is 0.171. The average Bonchev–Trinajstić information content (AvgIpc) is 2.27. The van der Waals surface area contributed by atoms with Crippen LogP contribution in [-0.2, 0) is 4.43 Å². The molecule has 0 aliphatic rings. The Morgan fingerprint density at radius 2 is 1.82 bits per heavy atom. The maximum atomic E-state index is 6.26. The van der Waals surface area contributed by atoms with E-state index in [0.29, 0.717) is 5.92 Å². The zero-order chi connectivity index (χ0) is 12.9. The minimum atomic E-state index is -1.50. The second-order valence-corrected chi connectivity index (χ2v) is 9.95. The summed E-state index contributed by atoms with van der Waals surface area (Å²) < 4.78 is 6.26. The van der Waals surface area contributed by atoms with Crippen molar-refractivity contribution in [1.29, 1.82) is 0 Å². The van der Waals surface area contributed by atoms with Crippen LogP contribution in [0.15, 0.2) is 43.0 Å². The quantitative estimate of drug-likeness (QED) is 0.528. The van der Waals surface area contributed by atoms with E-state index in [1.165, 1.54) is 5.56 Å². The van der Waals surface area contributed by atoms with Gasteiger partial charge in [-0.2, -0.15) is 0 Å². The average molecular weight is 248 g/mol. The molecule has 0 aromatic heterocycles. The van der Waals surface area contributed by atoms with Crippen LogP contribution in [0.1, 0.15) is 24.8 Å². The fourth-order valence-corrected chi connectivity index (χ4v) is 3.15. The van der Waals surface area contributed by atoms with E-state index in [1.54, 1.807) is 0 Å². The molecule has 0 saturated carbocycles. The predicted molar refractivity (Wildman–Crippen MR) is 77.9 cm³/mol. The lowest BCUT2D eigenvalue weighted by Crippen LogP contribution is -2.34. The van der Waals surface area contributed by atoms with Gasteiger partial charge in [-0.05, 0) is 31.6 Å². The highest BCUT2D eigenvalue weighted by Gasteiger charge is 2.25. The number of hydrogen-bond donors (Lipinski definition) is 0. The van der Waals surface area contributed by atoms with Crippen molar-refractivity contribution in [2.24, 2.45) is 0 Å². The fourth-order valence-electron chi connectivity index (χ4n) is 1.94. The van der Waals surface area contributed by atoms with Crippen LogP contribution in [0, 0.1) is 0 Å². The molecular formula is C15H24OSi. The Hall–Kier alpha value is -0.863. The lowest BCUT2D eigenvalue weighted by atomic mass is 9.94. The molecule has 0 radical (unpaired) electrons. The summed E-state index contributed by atoms with van der Waals surface area (Å²) in [6.07, 6.45) is 3.13. The van der Waals surface area contributed by atoms with E-state index in [4.69, 9.17) is 4.43 Å². The molecule has 17 heavy (non-hydrogen) atoms. The molecule has 0 aliphatic carbocycles. The zero-order valence-electron chi connectivity index (χ0n) is 11.4. The summed E-state index contributed by atoms with van der Waals surface area (Å²) in [6, 6.07) is 10.6. The highest BCUT2D eigenvalue weighted by Crippen LogP contribution is 2.26. The fraction of sp³-hybridized carbons (Fsp3) is 0.467. The molecule has 2 unspecified atom stereocenters. The first kappa shape index (κ1) is 14.2.